The van der Waals surface area contributed by atoms with E-state index in [1.807, 2.05) is 0 Å². The van der Waals surface area contributed by atoms with Gasteiger partial charge in [-0.15, -0.1) is 0 Å². The maximum Gasteiger partial charge on any atom is 0.326 e. The summed E-state index contributed by atoms with van der Waals surface area (Å²) in [6.45, 7) is 1.56. The van der Waals surface area contributed by atoms with E-state index in [0.29, 0.717) is 5.82 Å². The van der Waals surface area contributed by atoms with Crippen LogP contribution in [0.3, 0.4) is 0 Å². The second-order valence-corrected chi connectivity index (χ2v) is 4.35. The molecule has 0 fully saturated rings. The lowest BCUT2D eigenvalue weighted by molar-refractivity contribution is -0.140. The van der Waals surface area contributed by atoms with Gasteiger partial charge in [-0.25, -0.2) is 4.79 Å². The summed E-state index contributed by atoms with van der Waals surface area (Å²) < 4.78 is 6.83. The van der Waals surface area contributed by atoms with Gasteiger partial charge in [0.2, 0.25) is 0 Å². The van der Waals surface area contributed by atoms with Crippen LogP contribution in [0.15, 0.2) is 24.3 Å². The van der Waals surface area contributed by atoms with Crippen molar-refractivity contribution in [2.75, 3.05) is 7.11 Å². The van der Waals surface area contributed by atoms with E-state index in [0.717, 1.165) is 11.3 Å². The highest BCUT2D eigenvalue weighted by Crippen LogP contribution is 2.23. The van der Waals surface area contributed by atoms with Gasteiger partial charge in [-0.1, -0.05) is 0 Å². The molecule has 0 radical (unpaired) electrons. The fourth-order valence-electron chi connectivity index (χ4n) is 1.72. The summed E-state index contributed by atoms with van der Waals surface area (Å²) in [6.07, 6.45) is 0. The zero-order valence-electron chi connectivity index (χ0n) is 10.5. The van der Waals surface area contributed by atoms with Crippen molar-refractivity contribution in [3.8, 4) is 17.1 Å². The summed E-state index contributed by atoms with van der Waals surface area (Å²) in [4.78, 5) is 11.1. The average molecular weight is 279 g/mol. The molecule has 6 nitrogen and oxygen atoms in total. The predicted molar refractivity (Wildman–Crippen MR) is 71.7 cm³/mol. The number of nitrogens with zero attached hydrogens (tertiary/aromatic N) is 2. The number of nitrogens with one attached hydrogen (secondary N) is 1. The zero-order chi connectivity index (χ0) is 14.0. The van der Waals surface area contributed by atoms with E-state index in [-0.39, 0.29) is 4.77 Å². The highest BCUT2D eigenvalue weighted by Gasteiger charge is 2.19. The number of methoxy groups -OCH3 is 1. The molecule has 0 bridgehead atoms. The van der Waals surface area contributed by atoms with Gasteiger partial charge in [-0.05, 0) is 43.4 Å². The first kappa shape index (κ1) is 13.3. The molecule has 0 aliphatic heterocycles. The summed E-state index contributed by atoms with van der Waals surface area (Å²) in [6, 6.07) is 6.37. The smallest absolute Gasteiger partial charge is 0.326 e. The number of rotatable bonds is 4. The number of hydrogen-bond acceptors (Lipinski definition) is 4. The number of carboxylic acid groups (broad SMARTS) is 1. The minimum Gasteiger partial charge on any atom is -0.497 e. The van der Waals surface area contributed by atoms with Gasteiger partial charge >= 0.3 is 5.97 Å². The van der Waals surface area contributed by atoms with Crippen molar-refractivity contribution in [2.24, 2.45) is 0 Å². The molecule has 0 amide bonds. The molecular formula is C12H13N3O3S. The van der Waals surface area contributed by atoms with Gasteiger partial charge in [0.1, 0.15) is 11.8 Å². The van der Waals surface area contributed by atoms with E-state index in [1.165, 1.54) is 4.57 Å². The first-order valence-corrected chi connectivity index (χ1v) is 5.99. The molecule has 0 spiro atoms. The molecule has 19 heavy (non-hydrogen) atoms. The summed E-state index contributed by atoms with van der Waals surface area (Å²) in [7, 11) is 1.58. The highest BCUT2D eigenvalue weighted by atomic mass is 32.1. The highest BCUT2D eigenvalue weighted by molar-refractivity contribution is 7.71. The topological polar surface area (TPSA) is 80.1 Å². The summed E-state index contributed by atoms with van der Waals surface area (Å²) in [5.74, 6) is 0.241. The number of benzene rings is 1. The maximum atomic E-state index is 11.1. The zero-order valence-corrected chi connectivity index (χ0v) is 11.3. The molecule has 2 N–H and O–H groups in total. The van der Waals surface area contributed by atoms with E-state index in [4.69, 9.17) is 22.1 Å². The molecule has 100 valence electrons. The van der Waals surface area contributed by atoms with Crippen LogP contribution in [0, 0.1) is 4.77 Å². The Kier molecular flexibility index (Phi) is 3.66. The van der Waals surface area contributed by atoms with Gasteiger partial charge < -0.3 is 9.84 Å². The van der Waals surface area contributed by atoms with Gasteiger partial charge in [-0.3, -0.25) is 9.67 Å². The molecule has 0 unspecified atom stereocenters. The monoisotopic (exact) mass is 279 g/mol. The van der Waals surface area contributed by atoms with Crippen LogP contribution in [-0.4, -0.2) is 33.0 Å². The third kappa shape index (κ3) is 2.50. The number of aliphatic carboxylic acids is 1. The standard InChI is InChI=1S/C12H13N3O3S/c1-7(11(16)17)15-10(13-14-12(15)19)8-3-5-9(18-2)6-4-8/h3-7H,1-2H3,(H,14,19)(H,16,17)/t7-/m0/s1. The molecule has 0 saturated carbocycles. The van der Waals surface area contributed by atoms with Crippen LogP contribution < -0.4 is 4.74 Å². The Labute approximate surface area is 114 Å². The third-order valence-corrected chi connectivity index (χ3v) is 3.09. The van der Waals surface area contributed by atoms with E-state index < -0.39 is 12.0 Å². The number of hydrogen-bond donors (Lipinski definition) is 2. The Morgan fingerprint density at radius 2 is 2.11 bits per heavy atom. The predicted octanol–water partition coefficient (Wildman–Crippen LogP) is 2.26. The van der Waals surface area contributed by atoms with E-state index in [2.05, 4.69) is 10.2 Å². The molecule has 0 saturated heterocycles. The van der Waals surface area contributed by atoms with Crippen LogP contribution in [0.5, 0.6) is 5.75 Å². The molecule has 0 aliphatic carbocycles. The SMILES string of the molecule is COc1ccc(-c2n[nH]c(=S)n2[C@@H](C)C(=O)O)cc1. The summed E-state index contributed by atoms with van der Waals surface area (Å²) in [5, 5.41) is 15.8. The lowest BCUT2D eigenvalue weighted by Gasteiger charge is -2.11. The molecule has 2 aromatic rings. The number of ether oxygens (including phenoxy) is 1. The first-order valence-electron chi connectivity index (χ1n) is 5.58. The van der Waals surface area contributed by atoms with Gasteiger partial charge in [0.25, 0.3) is 0 Å². The molecular weight excluding hydrogens is 266 g/mol. The van der Waals surface area contributed by atoms with Crippen molar-refractivity contribution in [1.82, 2.24) is 14.8 Å². The fraction of sp³-hybridized carbons (Fsp3) is 0.250. The number of aromatic nitrogens is 3. The lowest BCUT2D eigenvalue weighted by atomic mass is 10.2. The Bertz CT molecular complexity index is 645. The third-order valence-electron chi connectivity index (χ3n) is 2.80. The van der Waals surface area contributed by atoms with Crippen molar-refractivity contribution in [1.29, 1.82) is 0 Å². The second kappa shape index (κ2) is 5.23. The quantitative estimate of drug-likeness (QED) is 0.839. The molecule has 2 rings (SSSR count). The van der Waals surface area contributed by atoms with Crippen LogP contribution in [0.4, 0.5) is 0 Å². The minimum atomic E-state index is -0.965. The van der Waals surface area contributed by atoms with Crippen molar-refractivity contribution in [3.63, 3.8) is 0 Å². The number of H-pyrrole nitrogens is 1. The molecule has 0 aliphatic rings. The lowest BCUT2D eigenvalue weighted by Crippen LogP contribution is -2.16. The Morgan fingerprint density at radius 1 is 1.47 bits per heavy atom. The summed E-state index contributed by atoms with van der Waals surface area (Å²) >= 11 is 5.07. The Morgan fingerprint density at radius 3 is 2.63 bits per heavy atom. The molecule has 1 atom stereocenters. The number of carbonyl (C=O) groups is 1. The normalized spacial score (nSPS) is 12.1. The molecule has 1 aromatic carbocycles. The van der Waals surface area contributed by atoms with E-state index in [9.17, 15) is 4.79 Å². The average Bonchev–Trinajstić information content (AvgIpc) is 2.79. The summed E-state index contributed by atoms with van der Waals surface area (Å²) in [5.41, 5.74) is 0.765. The van der Waals surface area contributed by atoms with Crippen LogP contribution in [0.2, 0.25) is 0 Å². The van der Waals surface area contributed by atoms with Crippen molar-refractivity contribution in [3.05, 3.63) is 29.0 Å². The van der Waals surface area contributed by atoms with Crippen LogP contribution in [0.1, 0.15) is 13.0 Å². The number of aromatic amines is 1. The molecule has 7 heteroatoms. The van der Waals surface area contributed by atoms with Crippen molar-refractivity contribution >= 4 is 18.2 Å². The Hall–Kier alpha value is -2.15. The van der Waals surface area contributed by atoms with Crippen molar-refractivity contribution < 1.29 is 14.6 Å². The van der Waals surface area contributed by atoms with Gasteiger partial charge in [0.05, 0.1) is 7.11 Å². The van der Waals surface area contributed by atoms with E-state index in [1.54, 1.807) is 38.3 Å². The van der Waals surface area contributed by atoms with Crippen molar-refractivity contribution in [2.45, 2.75) is 13.0 Å². The minimum absolute atomic E-state index is 0.278. The van der Waals surface area contributed by atoms with Crippen LogP contribution in [0.25, 0.3) is 11.4 Å². The van der Waals surface area contributed by atoms with Gasteiger partial charge in [-0.2, -0.15) is 5.10 Å². The number of carboxylic acids is 1. The largest absolute Gasteiger partial charge is 0.497 e. The van der Waals surface area contributed by atoms with E-state index >= 15 is 0 Å². The molecule has 1 aromatic heterocycles. The van der Waals surface area contributed by atoms with Gasteiger partial charge in [0.15, 0.2) is 10.6 Å². The fourth-order valence-corrected chi connectivity index (χ4v) is 2.01. The second-order valence-electron chi connectivity index (χ2n) is 3.97. The molecule has 1 heterocycles. The Balaban J connectivity index is 2.50. The van der Waals surface area contributed by atoms with Crippen LogP contribution >= 0.6 is 12.2 Å². The maximum absolute atomic E-state index is 11.1. The van der Waals surface area contributed by atoms with Gasteiger partial charge in [0, 0.05) is 5.56 Å². The first-order chi connectivity index (χ1) is 9.04. The van der Waals surface area contributed by atoms with Crippen LogP contribution in [-0.2, 0) is 4.79 Å².